The minimum atomic E-state index is -0.497. The molecule has 0 bridgehead atoms. The smallest absolute Gasteiger partial charge is 0.258 e. The second-order valence-electron chi connectivity index (χ2n) is 3.51. The third-order valence-corrected chi connectivity index (χ3v) is 2.26. The van der Waals surface area contributed by atoms with Crippen LogP contribution in [0.15, 0.2) is 23.3 Å². The molecule has 0 atom stereocenters. The quantitative estimate of drug-likeness (QED) is 0.526. The topological polar surface area (TPSA) is 127 Å². The van der Waals surface area contributed by atoms with E-state index in [4.69, 9.17) is 11.5 Å². The highest BCUT2D eigenvalue weighted by atomic mass is 16.1. The van der Waals surface area contributed by atoms with Gasteiger partial charge in [0.25, 0.3) is 5.56 Å². The molecule has 1 aromatic heterocycles. The monoisotopic (exact) mass is 233 g/mol. The number of anilines is 2. The molecule has 0 saturated heterocycles. The first-order valence-electron chi connectivity index (χ1n) is 4.87. The van der Waals surface area contributed by atoms with Gasteiger partial charge in [0.2, 0.25) is 5.91 Å². The highest BCUT2D eigenvalue weighted by Crippen LogP contribution is 2.22. The molecule has 88 valence electrons. The normalized spacial score (nSPS) is 10.4. The van der Waals surface area contributed by atoms with Crippen molar-refractivity contribution in [3.8, 4) is 0 Å². The summed E-state index contributed by atoms with van der Waals surface area (Å²) in [6.07, 6.45) is 1.30. The van der Waals surface area contributed by atoms with Gasteiger partial charge < -0.3 is 21.8 Å². The number of hydrogen-bond donors (Lipinski definition) is 4. The number of H-pyrrole nitrogens is 1. The molecule has 2 aromatic rings. The number of nitrogens with one attached hydrogen (secondary N) is 2. The predicted octanol–water partition coefficient (Wildman–Crippen LogP) is -0.598. The van der Waals surface area contributed by atoms with Crippen molar-refractivity contribution in [3.05, 3.63) is 28.8 Å². The van der Waals surface area contributed by atoms with Crippen LogP contribution in [0.3, 0.4) is 0 Å². The largest absolute Gasteiger partial charge is 0.397 e. The van der Waals surface area contributed by atoms with Gasteiger partial charge in [0.1, 0.15) is 0 Å². The molecular formula is C10H11N5O2. The van der Waals surface area contributed by atoms with Gasteiger partial charge in [-0.3, -0.25) is 9.59 Å². The van der Waals surface area contributed by atoms with Crippen LogP contribution < -0.4 is 22.3 Å². The van der Waals surface area contributed by atoms with E-state index in [9.17, 15) is 9.59 Å². The molecule has 6 N–H and O–H groups in total. The van der Waals surface area contributed by atoms with Gasteiger partial charge in [-0.2, -0.15) is 0 Å². The fraction of sp³-hybridized carbons (Fsp3) is 0.100. The summed E-state index contributed by atoms with van der Waals surface area (Å²) in [5, 5.41) is 3.17. The van der Waals surface area contributed by atoms with Crippen molar-refractivity contribution >= 4 is 28.2 Å². The third-order valence-electron chi connectivity index (χ3n) is 2.26. The lowest BCUT2D eigenvalue weighted by Crippen LogP contribution is -2.22. The highest BCUT2D eigenvalue weighted by molar-refractivity contribution is 5.89. The van der Waals surface area contributed by atoms with Crippen LogP contribution in [0.1, 0.15) is 0 Å². The van der Waals surface area contributed by atoms with Gasteiger partial charge >= 0.3 is 0 Å². The summed E-state index contributed by atoms with van der Waals surface area (Å²) in [5.41, 5.74) is 11.9. The van der Waals surface area contributed by atoms with Crippen molar-refractivity contribution in [1.29, 1.82) is 0 Å². The Bertz CT molecular complexity index is 634. The van der Waals surface area contributed by atoms with Crippen molar-refractivity contribution in [1.82, 2.24) is 9.97 Å². The van der Waals surface area contributed by atoms with Crippen LogP contribution in [-0.2, 0) is 4.79 Å². The minimum Gasteiger partial charge on any atom is -0.397 e. The molecular weight excluding hydrogens is 222 g/mol. The van der Waals surface area contributed by atoms with Crippen molar-refractivity contribution in [3.63, 3.8) is 0 Å². The van der Waals surface area contributed by atoms with E-state index in [1.165, 1.54) is 12.4 Å². The molecule has 7 heteroatoms. The van der Waals surface area contributed by atoms with Gasteiger partial charge in [-0.1, -0.05) is 0 Å². The van der Waals surface area contributed by atoms with E-state index < -0.39 is 5.91 Å². The number of carbonyl (C=O) groups excluding carboxylic acids is 1. The maximum absolute atomic E-state index is 11.5. The van der Waals surface area contributed by atoms with E-state index >= 15 is 0 Å². The van der Waals surface area contributed by atoms with Gasteiger partial charge in [0.05, 0.1) is 35.1 Å². The van der Waals surface area contributed by atoms with Crippen LogP contribution >= 0.6 is 0 Å². The van der Waals surface area contributed by atoms with Crippen LogP contribution in [0.4, 0.5) is 11.4 Å². The number of carbonyl (C=O) groups is 1. The van der Waals surface area contributed by atoms with Gasteiger partial charge in [0.15, 0.2) is 0 Å². The molecule has 17 heavy (non-hydrogen) atoms. The van der Waals surface area contributed by atoms with Crippen LogP contribution in [0.2, 0.25) is 0 Å². The van der Waals surface area contributed by atoms with E-state index in [0.29, 0.717) is 22.3 Å². The molecule has 1 aromatic carbocycles. The molecule has 0 saturated carbocycles. The first kappa shape index (κ1) is 10.9. The zero-order chi connectivity index (χ0) is 12.4. The molecule has 1 heterocycles. The number of benzene rings is 1. The predicted molar refractivity (Wildman–Crippen MR) is 64.5 cm³/mol. The fourth-order valence-electron chi connectivity index (χ4n) is 1.47. The van der Waals surface area contributed by atoms with E-state index in [1.807, 2.05) is 0 Å². The maximum atomic E-state index is 11.5. The molecule has 0 unspecified atom stereocenters. The number of amides is 1. The lowest BCUT2D eigenvalue weighted by atomic mass is 10.2. The molecule has 7 nitrogen and oxygen atoms in total. The number of primary amides is 1. The number of aromatic nitrogens is 2. The number of hydrogen-bond acceptors (Lipinski definition) is 5. The molecule has 2 rings (SSSR count). The maximum Gasteiger partial charge on any atom is 0.258 e. The van der Waals surface area contributed by atoms with Crippen molar-refractivity contribution in [2.75, 3.05) is 17.6 Å². The number of nitrogens with zero attached hydrogens (tertiary/aromatic N) is 1. The van der Waals surface area contributed by atoms with Crippen molar-refractivity contribution in [2.45, 2.75) is 0 Å². The van der Waals surface area contributed by atoms with E-state index in [0.717, 1.165) is 0 Å². The van der Waals surface area contributed by atoms with Gasteiger partial charge in [0, 0.05) is 0 Å². The Morgan fingerprint density at radius 2 is 2.24 bits per heavy atom. The molecule has 0 fully saturated rings. The average Bonchev–Trinajstić information content (AvgIpc) is 2.28. The van der Waals surface area contributed by atoms with Crippen molar-refractivity contribution < 1.29 is 4.79 Å². The molecule has 1 amide bonds. The van der Waals surface area contributed by atoms with Crippen LogP contribution in [-0.4, -0.2) is 22.4 Å². The summed E-state index contributed by atoms with van der Waals surface area (Å²) in [7, 11) is 0. The Morgan fingerprint density at radius 1 is 1.47 bits per heavy atom. The molecule has 0 aliphatic carbocycles. The summed E-state index contributed by atoms with van der Waals surface area (Å²) in [6.45, 7) is -0.0289. The summed E-state index contributed by atoms with van der Waals surface area (Å²) in [6, 6.07) is 3.10. The van der Waals surface area contributed by atoms with E-state index in [-0.39, 0.29) is 12.1 Å². The summed E-state index contributed by atoms with van der Waals surface area (Å²) >= 11 is 0. The lowest BCUT2D eigenvalue weighted by Gasteiger charge is -2.08. The van der Waals surface area contributed by atoms with Gasteiger partial charge in [-0.05, 0) is 12.1 Å². The Morgan fingerprint density at radius 3 is 2.94 bits per heavy atom. The van der Waals surface area contributed by atoms with Gasteiger partial charge in [-0.25, -0.2) is 4.98 Å². The fourth-order valence-corrected chi connectivity index (χ4v) is 1.47. The second kappa shape index (κ2) is 4.12. The number of nitrogen functional groups attached to an aromatic ring is 1. The van der Waals surface area contributed by atoms with E-state index in [2.05, 4.69) is 15.3 Å². The zero-order valence-electron chi connectivity index (χ0n) is 8.86. The Hall–Kier alpha value is -2.57. The molecule has 0 aliphatic heterocycles. The standard InChI is InChI=1S/C10H11N5O2/c11-6-1-5-7(14-4-15-10(5)17)2-8(6)13-3-9(12)16/h1-2,4,13H,3,11H2,(H2,12,16)(H,14,15,17). The average molecular weight is 233 g/mol. The summed E-state index contributed by atoms with van der Waals surface area (Å²) < 4.78 is 0. The van der Waals surface area contributed by atoms with Crippen LogP contribution in [0, 0.1) is 0 Å². The number of aromatic amines is 1. The Labute approximate surface area is 95.8 Å². The Kier molecular flexibility index (Phi) is 2.65. The van der Waals surface area contributed by atoms with E-state index in [1.54, 1.807) is 6.07 Å². The first-order valence-corrected chi connectivity index (χ1v) is 4.87. The summed E-state index contributed by atoms with van der Waals surface area (Å²) in [4.78, 5) is 28.6. The molecule has 0 spiro atoms. The van der Waals surface area contributed by atoms with Crippen LogP contribution in [0.25, 0.3) is 10.9 Å². The zero-order valence-corrected chi connectivity index (χ0v) is 8.86. The highest BCUT2D eigenvalue weighted by Gasteiger charge is 2.06. The van der Waals surface area contributed by atoms with Crippen LogP contribution in [0.5, 0.6) is 0 Å². The number of rotatable bonds is 3. The second-order valence-corrected chi connectivity index (χ2v) is 3.51. The Balaban J connectivity index is 2.48. The number of nitrogens with two attached hydrogens (primary N) is 2. The molecule has 0 aliphatic rings. The summed E-state index contributed by atoms with van der Waals surface area (Å²) in [5.74, 6) is -0.497. The van der Waals surface area contributed by atoms with Crippen molar-refractivity contribution in [2.24, 2.45) is 5.73 Å². The minimum absolute atomic E-state index is 0.0289. The SMILES string of the molecule is NC(=O)CNc1cc2nc[nH]c(=O)c2cc1N. The molecule has 0 radical (unpaired) electrons. The lowest BCUT2D eigenvalue weighted by molar-refractivity contribution is -0.116. The first-order chi connectivity index (χ1) is 8.08. The third kappa shape index (κ3) is 2.17. The number of fused-ring (bicyclic) bond motifs is 1. The van der Waals surface area contributed by atoms with Gasteiger partial charge in [-0.15, -0.1) is 0 Å².